The predicted molar refractivity (Wildman–Crippen MR) is 125 cm³/mol. The third kappa shape index (κ3) is 6.40. The van der Waals surface area contributed by atoms with Crippen LogP contribution in [0, 0.1) is 6.92 Å². The molecule has 1 heterocycles. The number of nitrogens with zero attached hydrogens (tertiary/aromatic N) is 2. The Hall–Kier alpha value is -3.19. The number of hydrogen-bond acceptors (Lipinski definition) is 5. The molecular weight excluding hydrogens is 430 g/mol. The zero-order valence-electron chi connectivity index (χ0n) is 18.6. The van der Waals surface area contributed by atoms with Gasteiger partial charge in [0, 0.05) is 12.1 Å². The Balaban J connectivity index is 1.50. The van der Waals surface area contributed by atoms with Gasteiger partial charge in [-0.15, -0.1) is 0 Å². The number of benzene rings is 2. The van der Waals surface area contributed by atoms with Crippen molar-refractivity contribution in [2.24, 2.45) is 0 Å². The lowest BCUT2D eigenvalue weighted by molar-refractivity contribution is -0.116. The van der Waals surface area contributed by atoms with E-state index < -0.39 is 0 Å². The van der Waals surface area contributed by atoms with Gasteiger partial charge in [0.1, 0.15) is 12.4 Å². The van der Waals surface area contributed by atoms with Gasteiger partial charge in [-0.1, -0.05) is 17.7 Å². The number of aryl methyl sites for hydroxylation is 1. The molecule has 0 bridgehead atoms. The summed E-state index contributed by atoms with van der Waals surface area (Å²) in [4.78, 5) is 12.2. The van der Waals surface area contributed by atoms with Crippen LogP contribution in [-0.2, 0) is 17.9 Å². The number of anilines is 1. The number of aromatic nitrogens is 2. The molecule has 0 aliphatic heterocycles. The van der Waals surface area contributed by atoms with Crippen LogP contribution < -0.4 is 19.5 Å². The van der Waals surface area contributed by atoms with E-state index in [-0.39, 0.29) is 5.91 Å². The number of carbonyl (C=O) groups is 1. The van der Waals surface area contributed by atoms with E-state index in [0.29, 0.717) is 55.0 Å². The molecule has 0 atom stereocenters. The molecule has 0 aliphatic carbocycles. The Morgan fingerprint density at radius 3 is 2.41 bits per heavy atom. The van der Waals surface area contributed by atoms with Gasteiger partial charge in [0.15, 0.2) is 11.5 Å². The Bertz CT molecular complexity index is 1030. The number of hydrogen-bond donors (Lipinski definition) is 1. The summed E-state index contributed by atoms with van der Waals surface area (Å²) >= 11 is 5.99. The lowest BCUT2D eigenvalue weighted by atomic mass is 10.2. The molecule has 0 radical (unpaired) electrons. The summed E-state index contributed by atoms with van der Waals surface area (Å²) in [7, 11) is 0. The van der Waals surface area contributed by atoms with Gasteiger partial charge in [0.2, 0.25) is 5.91 Å². The molecule has 0 fully saturated rings. The smallest absolute Gasteiger partial charge is 0.226 e. The molecule has 8 heteroatoms. The van der Waals surface area contributed by atoms with Gasteiger partial charge in [-0.25, -0.2) is 0 Å². The first-order chi connectivity index (χ1) is 15.5. The molecule has 1 aromatic heterocycles. The molecule has 1 amide bonds. The van der Waals surface area contributed by atoms with Crippen molar-refractivity contribution in [2.45, 2.75) is 40.3 Å². The number of ether oxygens (including phenoxy) is 3. The highest BCUT2D eigenvalue weighted by Crippen LogP contribution is 2.29. The maximum atomic E-state index is 12.2. The summed E-state index contributed by atoms with van der Waals surface area (Å²) in [5.41, 5.74) is 2.53. The van der Waals surface area contributed by atoms with Crippen molar-refractivity contribution in [3.8, 4) is 17.2 Å². The number of rotatable bonds is 11. The number of carbonyl (C=O) groups excluding carboxylic acids is 1. The van der Waals surface area contributed by atoms with E-state index in [1.165, 1.54) is 0 Å². The lowest BCUT2D eigenvalue weighted by Gasteiger charge is -2.13. The first-order valence-corrected chi connectivity index (χ1v) is 11.0. The Labute approximate surface area is 193 Å². The van der Waals surface area contributed by atoms with Crippen molar-refractivity contribution in [1.29, 1.82) is 0 Å². The summed E-state index contributed by atoms with van der Waals surface area (Å²) in [6.07, 6.45) is 1.88. The van der Waals surface area contributed by atoms with Crippen molar-refractivity contribution >= 4 is 23.2 Å². The first kappa shape index (κ1) is 23.5. The van der Waals surface area contributed by atoms with E-state index in [2.05, 4.69) is 10.4 Å². The zero-order valence-corrected chi connectivity index (χ0v) is 19.3. The summed E-state index contributed by atoms with van der Waals surface area (Å²) in [6, 6.07) is 13.1. The van der Waals surface area contributed by atoms with E-state index in [0.717, 1.165) is 17.0 Å². The fourth-order valence-corrected chi connectivity index (χ4v) is 3.21. The first-order valence-electron chi connectivity index (χ1n) is 10.6. The third-order valence-corrected chi connectivity index (χ3v) is 5.12. The molecule has 3 aromatic rings. The Kier molecular flexibility index (Phi) is 8.39. The molecule has 0 spiro atoms. The monoisotopic (exact) mass is 457 g/mol. The second-order valence-corrected chi connectivity index (χ2v) is 7.47. The molecule has 2 aromatic carbocycles. The molecule has 1 N–H and O–H groups in total. The van der Waals surface area contributed by atoms with E-state index >= 15 is 0 Å². The predicted octanol–water partition coefficient (Wildman–Crippen LogP) is 5.25. The highest BCUT2D eigenvalue weighted by atomic mass is 35.5. The summed E-state index contributed by atoms with van der Waals surface area (Å²) in [6.45, 7) is 7.75. The molecule has 0 saturated heterocycles. The van der Waals surface area contributed by atoms with Crippen LogP contribution in [0.3, 0.4) is 0 Å². The van der Waals surface area contributed by atoms with Crippen molar-refractivity contribution in [3.05, 3.63) is 64.9 Å². The second-order valence-electron chi connectivity index (χ2n) is 7.06. The number of halogens is 1. The van der Waals surface area contributed by atoms with Gasteiger partial charge in [-0.2, -0.15) is 5.10 Å². The standard InChI is InChI=1S/C24H28ClN3O4/c1-4-30-22-11-6-18(14-23(22)31-5-2)16-32-20-9-7-19(8-10-20)27-24(29)12-13-28-17(3)21(25)15-26-28/h6-11,14-15H,4-5,12-13,16H2,1-3H3,(H,27,29). The number of nitrogens with one attached hydrogen (secondary N) is 1. The minimum atomic E-state index is -0.0949. The van der Waals surface area contributed by atoms with Crippen molar-refractivity contribution in [3.63, 3.8) is 0 Å². The van der Waals surface area contributed by atoms with Crippen LogP contribution in [0.25, 0.3) is 0 Å². The second kappa shape index (κ2) is 11.4. The maximum Gasteiger partial charge on any atom is 0.226 e. The van der Waals surface area contributed by atoms with Gasteiger partial charge in [-0.3, -0.25) is 9.48 Å². The van der Waals surface area contributed by atoms with Gasteiger partial charge < -0.3 is 19.5 Å². The van der Waals surface area contributed by atoms with Crippen LogP contribution in [0.2, 0.25) is 5.02 Å². The number of amides is 1. The molecular formula is C24H28ClN3O4. The summed E-state index contributed by atoms with van der Waals surface area (Å²) in [5, 5.41) is 7.63. The molecule has 0 saturated carbocycles. The minimum Gasteiger partial charge on any atom is -0.490 e. The third-order valence-electron chi connectivity index (χ3n) is 4.75. The average molecular weight is 458 g/mol. The highest BCUT2D eigenvalue weighted by Gasteiger charge is 2.09. The maximum absolute atomic E-state index is 12.2. The summed E-state index contributed by atoms with van der Waals surface area (Å²) < 4.78 is 18.8. The van der Waals surface area contributed by atoms with Crippen LogP contribution in [0.4, 0.5) is 5.69 Å². The Morgan fingerprint density at radius 1 is 1.03 bits per heavy atom. The van der Waals surface area contributed by atoms with Crippen molar-refractivity contribution < 1.29 is 19.0 Å². The van der Waals surface area contributed by atoms with E-state index in [1.807, 2.05) is 63.2 Å². The van der Waals surface area contributed by atoms with Gasteiger partial charge in [-0.05, 0) is 62.7 Å². The largest absolute Gasteiger partial charge is 0.490 e. The van der Waals surface area contributed by atoms with Crippen LogP contribution in [0.15, 0.2) is 48.7 Å². The van der Waals surface area contributed by atoms with Crippen molar-refractivity contribution in [1.82, 2.24) is 9.78 Å². The Morgan fingerprint density at radius 2 is 1.75 bits per heavy atom. The van der Waals surface area contributed by atoms with Crippen LogP contribution in [0.5, 0.6) is 17.2 Å². The molecule has 170 valence electrons. The fraction of sp³-hybridized carbons (Fsp3) is 0.333. The van der Waals surface area contributed by atoms with Crippen LogP contribution in [-0.4, -0.2) is 28.9 Å². The van der Waals surface area contributed by atoms with Crippen LogP contribution >= 0.6 is 11.6 Å². The molecule has 0 unspecified atom stereocenters. The van der Waals surface area contributed by atoms with Crippen LogP contribution in [0.1, 0.15) is 31.5 Å². The minimum absolute atomic E-state index is 0.0949. The highest BCUT2D eigenvalue weighted by molar-refractivity contribution is 6.31. The van der Waals surface area contributed by atoms with Gasteiger partial charge >= 0.3 is 0 Å². The average Bonchev–Trinajstić information content (AvgIpc) is 3.11. The van der Waals surface area contributed by atoms with E-state index in [9.17, 15) is 4.79 Å². The fourth-order valence-electron chi connectivity index (χ4n) is 3.07. The topological polar surface area (TPSA) is 74.6 Å². The van der Waals surface area contributed by atoms with E-state index in [1.54, 1.807) is 10.9 Å². The SMILES string of the molecule is CCOc1ccc(COc2ccc(NC(=O)CCn3ncc(Cl)c3C)cc2)cc1OCC. The molecule has 7 nitrogen and oxygen atoms in total. The van der Waals surface area contributed by atoms with Gasteiger partial charge in [0.05, 0.1) is 36.7 Å². The van der Waals surface area contributed by atoms with Crippen molar-refractivity contribution in [2.75, 3.05) is 18.5 Å². The quantitative estimate of drug-likeness (QED) is 0.425. The van der Waals surface area contributed by atoms with E-state index in [4.69, 9.17) is 25.8 Å². The summed E-state index contributed by atoms with van der Waals surface area (Å²) in [5.74, 6) is 2.05. The normalized spacial score (nSPS) is 10.6. The lowest BCUT2D eigenvalue weighted by Crippen LogP contribution is -2.15. The zero-order chi connectivity index (χ0) is 22.9. The molecule has 32 heavy (non-hydrogen) atoms. The molecule has 0 aliphatic rings. The van der Waals surface area contributed by atoms with Gasteiger partial charge in [0.25, 0.3) is 0 Å². The molecule has 3 rings (SSSR count).